The Hall–Kier alpha value is -1.13. The second-order valence-electron chi connectivity index (χ2n) is 3.38. The van der Waals surface area contributed by atoms with E-state index in [4.69, 9.17) is 16.7 Å². The summed E-state index contributed by atoms with van der Waals surface area (Å²) >= 11 is 5.87. The van der Waals surface area contributed by atoms with Crippen molar-refractivity contribution in [3.8, 4) is 0 Å². The Balaban J connectivity index is 2.97. The molecule has 0 aliphatic heterocycles. The van der Waals surface area contributed by atoms with Crippen molar-refractivity contribution in [1.29, 1.82) is 0 Å². The van der Waals surface area contributed by atoms with Crippen LogP contribution >= 0.6 is 11.6 Å². The molecule has 0 aromatic heterocycles. The molecule has 5 heteroatoms. The molecule has 1 aromatic carbocycles. The van der Waals surface area contributed by atoms with Gasteiger partial charge in [-0.2, -0.15) is 0 Å². The van der Waals surface area contributed by atoms with Crippen LogP contribution in [0, 0.1) is 10.1 Å². The van der Waals surface area contributed by atoms with Crippen LogP contribution in [0.3, 0.4) is 0 Å². The summed E-state index contributed by atoms with van der Waals surface area (Å²) in [6.45, 7) is 1.64. The molecule has 0 aliphatic carbocycles. The van der Waals surface area contributed by atoms with Crippen LogP contribution < -0.4 is 0 Å². The van der Waals surface area contributed by atoms with Crippen molar-refractivity contribution in [3.63, 3.8) is 0 Å². The van der Waals surface area contributed by atoms with E-state index < -0.39 is 11.0 Å². The fraction of sp³-hybridized carbons (Fsp3) is 0.400. The molecule has 4 nitrogen and oxygen atoms in total. The van der Waals surface area contributed by atoms with Gasteiger partial charge in [-0.3, -0.25) is 10.1 Å². The molecule has 0 unspecified atom stereocenters. The highest BCUT2D eigenvalue weighted by Gasteiger charge is 2.16. The number of nitrogens with zero attached hydrogens (tertiary/aromatic N) is 1. The molecule has 0 aliphatic rings. The van der Waals surface area contributed by atoms with E-state index in [9.17, 15) is 10.1 Å². The van der Waals surface area contributed by atoms with Gasteiger partial charge in [0.15, 0.2) is 0 Å². The van der Waals surface area contributed by atoms with Crippen LogP contribution in [0.2, 0.25) is 5.02 Å². The van der Waals surface area contributed by atoms with Crippen molar-refractivity contribution in [2.75, 3.05) is 0 Å². The molecule has 0 fully saturated rings. The van der Waals surface area contributed by atoms with E-state index >= 15 is 0 Å². The van der Waals surface area contributed by atoms with Gasteiger partial charge in [0.1, 0.15) is 0 Å². The lowest BCUT2D eigenvalue weighted by atomic mass is 10.1. The molecular weight excluding hydrogens is 218 g/mol. The number of aliphatic hydroxyl groups is 1. The molecule has 0 spiro atoms. The first-order chi connectivity index (χ1) is 7.02. The quantitative estimate of drug-likeness (QED) is 0.638. The predicted octanol–water partition coefficient (Wildman–Crippen LogP) is 2.56. The molecule has 1 N–H and O–H groups in total. The third-order valence-corrected chi connectivity index (χ3v) is 2.46. The van der Waals surface area contributed by atoms with Crippen molar-refractivity contribution < 1.29 is 10.0 Å². The highest BCUT2D eigenvalue weighted by atomic mass is 35.5. The maximum Gasteiger partial charge on any atom is 0.274 e. The Morgan fingerprint density at radius 2 is 2.27 bits per heavy atom. The van der Waals surface area contributed by atoms with Gasteiger partial charge in [0, 0.05) is 11.6 Å². The molecule has 15 heavy (non-hydrogen) atoms. The normalized spacial score (nSPS) is 12.5. The number of benzene rings is 1. The van der Waals surface area contributed by atoms with Crippen molar-refractivity contribution >= 4 is 17.3 Å². The van der Waals surface area contributed by atoms with Gasteiger partial charge in [0.25, 0.3) is 5.69 Å². The van der Waals surface area contributed by atoms with E-state index in [1.165, 1.54) is 6.07 Å². The maximum absolute atomic E-state index is 10.7. The maximum atomic E-state index is 10.7. The average molecular weight is 230 g/mol. The summed E-state index contributed by atoms with van der Waals surface area (Å²) in [7, 11) is 0. The summed E-state index contributed by atoms with van der Waals surface area (Å²) in [5, 5.41) is 20.2. The molecule has 0 saturated carbocycles. The molecule has 0 heterocycles. The van der Waals surface area contributed by atoms with Crippen LogP contribution in [0.1, 0.15) is 18.9 Å². The zero-order valence-electron chi connectivity index (χ0n) is 8.31. The summed E-state index contributed by atoms with van der Waals surface area (Å²) in [5.74, 6) is 0. The van der Waals surface area contributed by atoms with Crippen LogP contribution in [0.15, 0.2) is 18.2 Å². The molecule has 1 atom stereocenters. The molecule has 0 bridgehead atoms. The van der Waals surface area contributed by atoms with Crippen molar-refractivity contribution in [2.45, 2.75) is 25.9 Å². The Kier molecular flexibility index (Phi) is 4.05. The van der Waals surface area contributed by atoms with Gasteiger partial charge in [-0.05, 0) is 25.8 Å². The van der Waals surface area contributed by atoms with Gasteiger partial charge in [-0.15, -0.1) is 0 Å². The van der Waals surface area contributed by atoms with Crippen LogP contribution in [0.4, 0.5) is 5.69 Å². The molecule has 0 radical (unpaired) electrons. The molecule has 1 aromatic rings. The summed E-state index contributed by atoms with van der Waals surface area (Å²) in [4.78, 5) is 10.2. The summed E-state index contributed by atoms with van der Waals surface area (Å²) < 4.78 is 0. The van der Waals surface area contributed by atoms with Crippen LogP contribution in [-0.2, 0) is 6.42 Å². The minimum atomic E-state index is -0.485. The fourth-order valence-corrected chi connectivity index (χ4v) is 1.58. The zero-order valence-corrected chi connectivity index (χ0v) is 9.07. The SMILES string of the molecule is C[C@@H](O)CCc1c(Cl)cccc1[N+](=O)[O-]. The second-order valence-corrected chi connectivity index (χ2v) is 3.79. The first-order valence-corrected chi connectivity index (χ1v) is 5.00. The van der Waals surface area contributed by atoms with Crippen molar-refractivity contribution in [3.05, 3.63) is 38.9 Å². The molecule has 0 amide bonds. The van der Waals surface area contributed by atoms with Crippen molar-refractivity contribution in [1.82, 2.24) is 0 Å². The largest absolute Gasteiger partial charge is 0.393 e. The Morgan fingerprint density at radius 1 is 1.60 bits per heavy atom. The Bertz CT molecular complexity index is 366. The lowest BCUT2D eigenvalue weighted by Crippen LogP contribution is -2.04. The highest BCUT2D eigenvalue weighted by molar-refractivity contribution is 6.31. The summed E-state index contributed by atoms with van der Waals surface area (Å²) in [6.07, 6.45) is 0.388. The first kappa shape index (κ1) is 11.9. The zero-order chi connectivity index (χ0) is 11.4. The number of halogens is 1. The lowest BCUT2D eigenvalue weighted by Gasteiger charge is -2.06. The van der Waals surface area contributed by atoms with E-state index in [0.29, 0.717) is 23.4 Å². The lowest BCUT2D eigenvalue weighted by molar-refractivity contribution is -0.385. The number of hydrogen-bond acceptors (Lipinski definition) is 3. The Labute approximate surface area is 92.6 Å². The second kappa shape index (κ2) is 5.09. The number of nitro benzene ring substituents is 1. The topological polar surface area (TPSA) is 63.4 Å². The van der Waals surface area contributed by atoms with Gasteiger partial charge < -0.3 is 5.11 Å². The van der Waals surface area contributed by atoms with E-state index in [-0.39, 0.29) is 5.69 Å². The van der Waals surface area contributed by atoms with Crippen LogP contribution in [0.25, 0.3) is 0 Å². The molecule has 0 saturated heterocycles. The summed E-state index contributed by atoms with van der Waals surface area (Å²) in [6, 6.07) is 4.58. The van der Waals surface area contributed by atoms with Gasteiger partial charge in [0.2, 0.25) is 0 Å². The number of rotatable bonds is 4. The van der Waals surface area contributed by atoms with Crippen molar-refractivity contribution in [2.24, 2.45) is 0 Å². The highest BCUT2D eigenvalue weighted by Crippen LogP contribution is 2.27. The molecule has 1 rings (SSSR count). The van der Waals surface area contributed by atoms with E-state index in [0.717, 1.165) is 0 Å². The third-order valence-electron chi connectivity index (χ3n) is 2.10. The first-order valence-electron chi connectivity index (χ1n) is 4.62. The number of nitro groups is 1. The van der Waals surface area contributed by atoms with E-state index in [1.54, 1.807) is 19.1 Å². The standard InChI is InChI=1S/C10H12ClNO3/c1-7(13)5-6-8-9(11)3-2-4-10(8)12(14)15/h2-4,7,13H,5-6H2,1H3/t7-/m1/s1. The number of aliphatic hydroxyl groups excluding tert-OH is 1. The minimum absolute atomic E-state index is 0.0168. The predicted molar refractivity (Wildman–Crippen MR) is 58.1 cm³/mol. The van der Waals surface area contributed by atoms with Crippen LogP contribution in [0.5, 0.6) is 0 Å². The summed E-state index contributed by atoms with van der Waals surface area (Å²) in [5.41, 5.74) is 0.508. The van der Waals surface area contributed by atoms with E-state index in [2.05, 4.69) is 0 Å². The third kappa shape index (κ3) is 3.18. The van der Waals surface area contributed by atoms with Crippen LogP contribution in [-0.4, -0.2) is 16.1 Å². The minimum Gasteiger partial charge on any atom is -0.393 e. The van der Waals surface area contributed by atoms with E-state index in [1.807, 2.05) is 0 Å². The smallest absolute Gasteiger partial charge is 0.274 e. The monoisotopic (exact) mass is 229 g/mol. The number of hydrogen-bond donors (Lipinski definition) is 1. The van der Waals surface area contributed by atoms with Gasteiger partial charge in [-0.1, -0.05) is 17.7 Å². The Morgan fingerprint density at radius 3 is 2.80 bits per heavy atom. The van der Waals surface area contributed by atoms with Gasteiger partial charge in [0.05, 0.1) is 16.0 Å². The van der Waals surface area contributed by atoms with Gasteiger partial charge >= 0.3 is 0 Å². The fourth-order valence-electron chi connectivity index (χ4n) is 1.32. The van der Waals surface area contributed by atoms with Gasteiger partial charge in [-0.25, -0.2) is 0 Å². The molecular formula is C10H12ClNO3. The molecule has 82 valence electrons. The average Bonchev–Trinajstić information content (AvgIpc) is 2.15.